The predicted octanol–water partition coefficient (Wildman–Crippen LogP) is 3.42. The van der Waals surface area contributed by atoms with Crippen LogP contribution in [0.25, 0.3) is 0 Å². The number of methoxy groups -OCH3 is 2. The number of carbonyl (C=O) groups is 1. The van der Waals surface area contributed by atoms with E-state index in [2.05, 4.69) is 20.6 Å². The fraction of sp³-hybridized carbons (Fsp3) is 0.353. The summed E-state index contributed by atoms with van der Waals surface area (Å²) in [6.07, 6.45) is 2.88. The lowest BCUT2D eigenvalue weighted by molar-refractivity contribution is 0.0914. The Morgan fingerprint density at radius 1 is 1.08 bits per heavy atom. The molecular weight excluding hydrogens is 344 g/mol. The smallest absolute Gasteiger partial charge is 0.271 e. The number of carbonyl (C=O) groups excluding carboxylic acids is 1. The maximum Gasteiger partial charge on any atom is 0.271 e. The second-order valence-corrected chi connectivity index (χ2v) is 6.71. The molecular formula is C17H21ClN4O3. The van der Waals surface area contributed by atoms with Crippen LogP contribution in [0.4, 0.5) is 11.5 Å². The van der Waals surface area contributed by atoms with Crippen LogP contribution in [0.5, 0.6) is 11.5 Å². The van der Waals surface area contributed by atoms with Gasteiger partial charge in [-0.05, 0) is 20.8 Å². The number of hydrogen-bond acceptors (Lipinski definition) is 6. The number of anilines is 2. The molecule has 134 valence electrons. The minimum absolute atomic E-state index is 0.237. The number of amides is 1. The Morgan fingerprint density at radius 2 is 1.76 bits per heavy atom. The lowest BCUT2D eigenvalue weighted by atomic mass is 10.1. The molecule has 0 saturated heterocycles. The van der Waals surface area contributed by atoms with E-state index in [1.54, 1.807) is 12.1 Å². The molecule has 0 aliphatic rings. The number of halogens is 1. The largest absolute Gasteiger partial charge is 0.495 e. The first-order valence-electron chi connectivity index (χ1n) is 7.56. The number of hydrogen-bond donors (Lipinski definition) is 2. The summed E-state index contributed by atoms with van der Waals surface area (Å²) in [5.41, 5.74) is 0.509. The van der Waals surface area contributed by atoms with E-state index in [-0.39, 0.29) is 17.1 Å². The van der Waals surface area contributed by atoms with Gasteiger partial charge in [-0.15, -0.1) is 0 Å². The Labute approximate surface area is 151 Å². The number of ether oxygens (including phenoxy) is 2. The molecule has 25 heavy (non-hydrogen) atoms. The minimum atomic E-state index is -0.344. The Kier molecular flexibility index (Phi) is 5.69. The molecule has 1 amide bonds. The molecule has 2 N–H and O–H groups in total. The van der Waals surface area contributed by atoms with Crippen LogP contribution in [-0.2, 0) is 0 Å². The first kappa shape index (κ1) is 18.8. The first-order chi connectivity index (χ1) is 11.7. The first-order valence-corrected chi connectivity index (χ1v) is 7.94. The number of aromatic nitrogens is 2. The Balaban J connectivity index is 2.20. The van der Waals surface area contributed by atoms with Crippen LogP contribution in [0.15, 0.2) is 24.5 Å². The Bertz CT molecular complexity index is 758. The van der Waals surface area contributed by atoms with Crippen molar-refractivity contribution in [1.29, 1.82) is 0 Å². The maximum absolute atomic E-state index is 12.1. The van der Waals surface area contributed by atoms with Crippen LogP contribution in [0.3, 0.4) is 0 Å². The van der Waals surface area contributed by atoms with Gasteiger partial charge in [0.2, 0.25) is 0 Å². The summed E-state index contributed by atoms with van der Waals surface area (Å²) in [7, 11) is 3.06. The number of nitrogens with one attached hydrogen (secondary N) is 2. The van der Waals surface area contributed by atoms with Crippen molar-refractivity contribution < 1.29 is 14.3 Å². The van der Waals surface area contributed by atoms with E-state index in [0.29, 0.717) is 28.0 Å². The zero-order valence-electron chi connectivity index (χ0n) is 14.8. The molecule has 7 nitrogen and oxygen atoms in total. The van der Waals surface area contributed by atoms with Gasteiger partial charge in [-0.25, -0.2) is 9.97 Å². The highest BCUT2D eigenvalue weighted by Crippen LogP contribution is 2.36. The maximum atomic E-state index is 12.1. The minimum Gasteiger partial charge on any atom is -0.495 e. The highest BCUT2D eigenvalue weighted by Gasteiger charge is 2.17. The van der Waals surface area contributed by atoms with Gasteiger partial charge in [0.1, 0.15) is 23.0 Å². The van der Waals surface area contributed by atoms with E-state index in [0.717, 1.165) is 0 Å². The van der Waals surface area contributed by atoms with Crippen LogP contribution in [-0.4, -0.2) is 35.6 Å². The van der Waals surface area contributed by atoms with Gasteiger partial charge in [0.15, 0.2) is 0 Å². The van der Waals surface area contributed by atoms with Gasteiger partial charge in [0, 0.05) is 17.7 Å². The summed E-state index contributed by atoms with van der Waals surface area (Å²) >= 11 is 6.09. The lowest BCUT2D eigenvalue weighted by Gasteiger charge is -2.20. The molecule has 1 aromatic carbocycles. The van der Waals surface area contributed by atoms with E-state index < -0.39 is 0 Å². The number of benzene rings is 1. The van der Waals surface area contributed by atoms with Gasteiger partial charge in [0.25, 0.3) is 5.91 Å². The summed E-state index contributed by atoms with van der Waals surface area (Å²) in [6.45, 7) is 5.69. The summed E-state index contributed by atoms with van der Waals surface area (Å²) in [6, 6.07) is 3.34. The van der Waals surface area contributed by atoms with Gasteiger partial charge in [0.05, 0.1) is 37.3 Å². The van der Waals surface area contributed by atoms with Crippen molar-refractivity contribution in [3.63, 3.8) is 0 Å². The quantitative estimate of drug-likeness (QED) is 0.845. The fourth-order valence-corrected chi connectivity index (χ4v) is 2.24. The Morgan fingerprint density at radius 3 is 2.28 bits per heavy atom. The molecule has 0 radical (unpaired) electrons. The van der Waals surface area contributed by atoms with Gasteiger partial charge in [-0.2, -0.15) is 0 Å². The summed E-state index contributed by atoms with van der Waals surface area (Å²) in [4.78, 5) is 20.4. The summed E-state index contributed by atoms with van der Waals surface area (Å²) < 4.78 is 10.5. The molecule has 0 spiro atoms. The monoisotopic (exact) mass is 364 g/mol. The van der Waals surface area contributed by atoms with E-state index in [1.807, 2.05) is 20.8 Å². The molecule has 8 heteroatoms. The molecule has 0 aliphatic heterocycles. The average molecular weight is 365 g/mol. The molecule has 2 rings (SSSR count). The van der Waals surface area contributed by atoms with Crippen molar-refractivity contribution in [2.75, 3.05) is 19.5 Å². The molecule has 0 fully saturated rings. The van der Waals surface area contributed by atoms with Gasteiger partial charge >= 0.3 is 0 Å². The molecule has 0 bridgehead atoms. The zero-order valence-corrected chi connectivity index (χ0v) is 15.6. The van der Waals surface area contributed by atoms with Gasteiger partial charge in [-0.3, -0.25) is 4.79 Å². The Hall–Kier alpha value is -2.54. The molecule has 1 heterocycles. The normalized spacial score (nSPS) is 11.0. The summed E-state index contributed by atoms with van der Waals surface area (Å²) in [5.74, 6) is 1.20. The van der Waals surface area contributed by atoms with Crippen LogP contribution >= 0.6 is 11.6 Å². The molecule has 0 saturated carbocycles. The third kappa shape index (κ3) is 4.96. The van der Waals surface area contributed by atoms with E-state index in [1.165, 1.54) is 26.6 Å². The van der Waals surface area contributed by atoms with Crippen LogP contribution in [0.2, 0.25) is 5.02 Å². The SMILES string of the molecule is COc1cc(Nc2cnc(C(=O)NC(C)(C)C)cn2)c(OC)cc1Cl. The highest BCUT2D eigenvalue weighted by atomic mass is 35.5. The van der Waals surface area contributed by atoms with E-state index >= 15 is 0 Å². The number of nitrogens with zero attached hydrogens (tertiary/aromatic N) is 2. The lowest BCUT2D eigenvalue weighted by Crippen LogP contribution is -2.40. The van der Waals surface area contributed by atoms with Crippen LogP contribution in [0.1, 0.15) is 31.3 Å². The van der Waals surface area contributed by atoms with Crippen molar-refractivity contribution in [3.05, 3.63) is 35.2 Å². The zero-order chi connectivity index (χ0) is 18.6. The van der Waals surface area contributed by atoms with E-state index in [4.69, 9.17) is 21.1 Å². The van der Waals surface area contributed by atoms with Crippen LogP contribution in [0, 0.1) is 0 Å². The van der Waals surface area contributed by atoms with Crippen molar-refractivity contribution in [3.8, 4) is 11.5 Å². The summed E-state index contributed by atoms with van der Waals surface area (Å²) in [5, 5.41) is 6.34. The fourth-order valence-electron chi connectivity index (χ4n) is 2.01. The second-order valence-electron chi connectivity index (χ2n) is 6.30. The van der Waals surface area contributed by atoms with Gasteiger partial charge < -0.3 is 20.1 Å². The van der Waals surface area contributed by atoms with Crippen molar-refractivity contribution in [2.45, 2.75) is 26.3 Å². The third-order valence-corrected chi connectivity index (χ3v) is 3.41. The standard InChI is InChI=1S/C17H21ClN4O3/c1-17(2,3)22-16(23)12-8-20-15(9-19-12)21-11-7-13(24-4)10(18)6-14(11)25-5/h6-9H,1-5H3,(H,20,21)(H,22,23). The topological polar surface area (TPSA) is 85.4 Å². The van der Waals surface area contributed by atoms with Crippen molar-refractivity contribution >= 4 is 29.0 Å². The van der Waals surface area contributed by atoms with E-state index in [9.17, 15) is 4.79 Å². The average Bonchev–Trinajstić information content (AvgIpc) is 2.55. The second kappa shape index (κ2) is 7.57. The predicted molar refractivity (Wildman–Crippen MR) is 97.1 cm³/mol. The van der Waals surface area contributed by atoms with Crippen LogP contribution < -0.4 is 20.1 Å². The van der Waals surface area contributed by atoms with Gasteiger partial charge in [-0.1, -0.05) is 11.6 Å². The molecule has 1 aromatic heterocycles. The van der Waals surface area contributed by atoms with Crippen molar-refractivity contribution in [1.82, 2.24) is 15.3 Å². The number of rotatable bonds is 5. The third-order valence-electron chi connectivity index (χ3n) is 3.11. The van der Waals surface area contributed by atoms with Crippen molar-refractivity contribution in [2.24, 2.45) is 0 Å². The molecule has 2 aromatic rings. The molecule has 0 unspecified atom stereocenters. The molecule has 0 atom stereocenters. The molecule has 0 aliphatic carbocycles. The highest BCUT2D eigenvalue weighted by molar-refractivity contribution is 6.32.